The lowest BCUT2D eigenvalue weighted by molar-refractivity contribution is -0.140. The summed E-state index contributed by atoms with van der Waals surface area (Å²) in [6.45, 7) is 6.48. The minimum atomic E-state index is -0.455. The molecular formula is C23H30N2O2S. The van der Waals surface area contributed by atoms with Crippen LogP contribution in [0.4, 0.5) is 0 Å². The number of rotatable bonds is 9. The molecule has 0 aromatic heterocycles. The van der Waals surface area contributed by atoms with Gasteiger partial charge in [0.1, 0.15) is 6.04 Å². The molecule has 2 amide bonds. The van der Waals surface area contributed by atoms with Crippen molar-refractivity contribution in [3.63, 3.8) is 0 Å². The average molecular weight is 399 g/mol. The van der Waals surface area contributed by atoms with Crippen LogP contribution in [-0.2, 0) is 16.1 Å². The highest BCUT2D eigenvalue weighted by molar-refractivity contribution is 7.99. The number of benzene rings is 2. The van der Waals surface area contributed by atoms with Crippen LogP contribution in [-0.4, -0.2) is 35.6 Å². The van der Waals surface area contributed by atoms with E-state index in [0.717, 1.165) is 10.5 Å². The maximum Gasteiger partial charge on any atom is 0.242 e. The van der Waals surface area contributed by atoms with Crippen LogP contribution in [0.1, 0.15) is 36.5 Å². The summed E-state index contributed by atoms with van der Waals surface area (Å²) in [5.74, 6) is 0.584. The van der Waals surface area contributed by atoms with Crippen LogP contribution in [0.5, 0.6) is 0 Å². The van der Waals surface area contributed by atoms with Gasteiger partial charge >= 0.3 is 0 Å². The Labute approximate surface area is 172 Å². The first-order valence-electron chi connectivity index (χ1n) is 9.70. The van der Waals surface area contributed by atoms with Crippen LogP contribution in [0.25, 0.3) is 0 Å². The van der Waals surface area contributed by atoms with E-state index >= 15 is 0 Å². The molecule has 0 aliphatic carbocycles. The Morgan fingerprint density at radius 2 is 1.57 bits per heavy atom. The second kappa shape index (κ2) is 10.9. The van der Waals surface area contributed by atoms with E-state index < -0.39 is 6.04 Å². The van der Waals surface area contributed by atoms with E-state index in [0.29, 0.717) is 25.1 Å². The van der Waals surface area contributed by atoms with Crippen LogP contribution < -0.4 is 5.32 Å². The van der Waals surface area contributed by atoms with Gasteiger partial charge in [-0.1, -0.05) is 54.4 Å². The van der Waals surface area contributed by atoms with E-state index in [9.17, 15) is 9.59 Å². The van der Waals surface area contributed by atoms with Crippen molar-refractivity contribution in [3.8, 4) is 0 Å². The van der Waals surface area contributed by atoms with E-state index in [1.165, 1.54) is 11.1 Å². The fourth-order valence-corrected chi connectivity index (χ4v) is 3.85. The molecule has 1 atom stereocenters. The summed E-state index contributed by atoms with van der Waals surface area (Å²) in [6, 6.07) is 16.0. The van der Waals surface area contributed by atoms with Crippen LogP contribution in [0.2, 0.25) is 0 Å². The molecular weight excluding hydrogens is 368 g/mol. The van der Waals surface area contributed by atoms with E-state index in [1.807, 2.05) is 38.1 Å². The molecule has 0 aliphatic rings. The predicted molar refractivity (Wildman–Crippen MR) is 116 cm³/mol. The van der Waals surface area contributed by atoms with Crippen LogP contribution in [0.3, 0.4) is 0 Å². The average Bonchev–Trinajstić information content (AvgIpc) is 2.70. The quantitative estimate of drug-likeness (QED) is 0.639. The van der Waals surface area contributed by atoms with Crippen molar-refractivity contribution >= 4 is 23.6 Å². The van der Waals surface area contributed by atoms with Gasteiger partial charge in [-0.3, -0.25) is 9.59 Å². The van der Waals surface area contributed by atoms with Gasteiger partial charge in [0.15, 0.2) is 0 Å². The van der Waals surface area contributed by atoms with Crippen molar-refractivity contribution < 1.29 is 9.59 Å². The van der Waals surface area contributed by atoms with Gasteiger partial charge in [-0.25, -0.2) is 0 Å². The molecule has 1 N–H and O–H groups in total. The van der Waals surface area contributed by atoms with Gasteiger partial charge in [0.05, 0.1) is 0 Å². The van der Waals surface area contributed by atoms with E-state index in [2.05, 4.69) is 36.5 Å². The molecule has 2 rings (SSSR count). The zero-order valence-electron chi connectivity index (χ0n) is 17.2. The number of hydrogen-bond donors (Lipinski definition) is 1. The largest absolute Gasteiger partial charge is 0.357 e. The van der Waals surface area contributed by atoms with Crippen molar-refractivity contribution in [2.75, 3.05) is 12.8 Å². The second-order valence-corrected chi connectivity index (χ2v) is 8.13. The summed E-state index contributed by atoms with van der Waals surface area (Å²) >= 11 is 1.67. The maximum absolute atomic E-state index is 13.0. The normalized spacial score (nSPS) is 11.7. The highest BCUT2D eigenvalue weighted by Gasteiger charge is 2.27. The molecule has 0 spiro atoms. The van der Waals surface area contributed by atoms with Crippen molar-refractivity contribution in [1.29, 1.82) is 0 Å². The number of likely N-dealkylation sites (N-methyl/N-ethyl adjacent to an activating group) is 1. The standard InChI is InChI=1S/C23H30N2O2S/c1-5-21(23(27)24-4)25(16-19-10-6-17(2)7-11-19)22(26)14-15-28-20-12-8-18(3)9-13-20/h6-13,21H,5,14-16H2,1-4H3,(H,24,27)/t21-/m0/s1. The van der Waals surface area contributed by atoms with Crippen molar-refractivity contribution in [2.24, 2.45) is 0 Å². The number of carbonyl (C=O) groups is 2. The zero-order valence-corrected chi connectivity index (χ0v) is 18.0. The van der Waals surface area contributed by atoms with E-state index in [4.69, 9.17) is 0 Å². The van der Waals surface area contributed by atoms with Gasteiger partial charge in [0.25, 0.3) is 0 Å². The molecule has 0 fully saturated rings. The smallest absolute Gasteiger partial charge is 0.242 e. The molecule has 0 unspecified atom stereocenters. The first-order chi connectivity index (χ1) is 13.4. The van der Waals surface area contributed by atoms with E-state index in [-0.39, 0.29) is 11.8 Å². The fraction of sp³-hybridized carbons (Fsp3) is 0.391. The fourth-order valence-electron chi connectivity index (χ4n) is 3.01. The third kappa shape index (κ3) is 6.41. The molecule has 0 bridgehead atoms. The molecule has 150 valence electrons. The van der Waals surface area contributed by atoms with Crippen LogP contribution >= 0.6 is 11.8 Å². The molecule has 0 heterocycles. The Kier molecular flexibility index (Phi) is 8.58. The van der Waals surface area contributed by atoms with Gasteiger partial charge in [0, 0.05) is 30.7 Å². The number of aryl methyl sites for hydroxylation is 2. The van der Waals surface area contributed by atoms with Crippen molar-refractivity contribution in [2.45, 2.75) is 51.1 Å². The van der Waals surface area contributed by atoms with Crippen molar-refractivity contribution in [1.82, 2.24) is 10.2 Å². The minimum Gasteiger partial charge on any atom is -0.357 e. The van der Waals surface area contributed by atoms with Crippen molar-refractivity contribution in [3.05, 3.63) is 65.2 Å². The summed E-state index contributed by atoms with van der Waals surface area (Å²) in [6.07, 6.45) is 0.986. The monoisotopic (exact) mass is 398 g/mol. The summed E-state index contributed by atoms with van der Waals surface area (Å²) in [5.41, 5.74) is 3.43. The van der Waals surface area contributed by atoms with Gasteiger partial charge < -0.3 is 10.2 Å². The third-order valence-corrected chi connectivity index (χ3v) is 5.73. The molecule has 2 aromatic carbocycles. The Morgan fingerprint density at radius 3 is 2.11 bits per heavy atom. The molecule has 0 radical (unpaired) electrons. The summed E-state index contributed by atoms with van der Waals surface area (Å²) in [5, 5.41) is 2.70. The molecule has 28 heavy (non-hydrogen) atoms. The summed E-state index contributed by atoms with van der Waals surface area (Å²) in [7, 11) is 1.62. The lowest BCUT2D eigenvalue weighted by atomic mass is 10.1. The Bertz CT molecular complexity index is 772. The second-order valence-electron chi connectivity index (χ2n) is 6.96. The molecule has 5 heteroatoms. The number of amides is 2. The van der Waals surface area contributed by atoms with Gasteiger partial charge in [-0.05, 0) is 38.0 Å². The van der Waals surface area contributed by atoms with E-state index in [1.54, 1.807) is 23.7 Å². The van der Waals surface area contributed by atoms with Gasteiger partial charge in [0.2, 0.25) is 11.8 Å². The minimum absolute atomic E-state index is 0.00985. The third-order valence-electron chi connectivity index (χ3n) is 4.71. The number of thioether (sulfide) groups is 1. The molecule has 0 saturated carbocycles. The predicted octanol–water partition coefficient (Wildman–Crippen LogP) is 4.34. The lowest BCUT2D eigenvalue weighted by Gasteiger charge is -2.30. The number of nitrogens with one attached hydrogen (secondary N) is 1. The first-order valence-corrected chi connectivity index (χ1v) is 10.7. The first kappa shape index (κ1) is 22.0. The molecule has 2 aromatic rings. The number of hydrogen-bond acceptors (Lipinski definition) is 3. The maximum atomic E-state index is 13.0. The van der Waals surface area contributed by atoms with Gasteiger partial charge in [-0.15, -0.1) is 11.8 Å². The highest BCUT2D eigenvalue weighted by Crippen LogP contribution is 2.21. The molecule has 4 nitrogen and oxygen atoms in total. The Morgan fingerprint density at radius 1 is 1.00 bits per heavy atom. The topological polar surface area (TPSA) is 49.4 Å². The Hall–Kier alpha value is -2.27. The summed E-state index contributed by atoms with van der Waals surface area (Å²) in [4.78, 5) is 28.2. The zero-order chi connectivity index (χ0) is 20.5. The molecule has 0 saturated heterocycles. The SMILES string of the molecule is CC[C@@H](C(=O)NC)N(Cc1ccc(C)cc1)C(=O)CCSc1ccc(C)cc1. The molecule has 0 aliphatic heterocycles. The highest BCUT2D eigenvalue weighted by atomic mass is 32.2. The number of nitrogens with zero attached hydrogens (tertiary/aromatic N) is 1. The van der Waals surface area contributed by atoms with Crippen LogP contribution in [0.15, 0.2) is 53.4 Å². The summed E-state index contributed by atoms with van der Waals surface area (Å²) < 4.78 is 0. The lowest BCUT2D eigenvalue weighted by Crippen LogP contribution is -2.48. The van der Waals surface area contributed by atoms with Gasteiger partial charge in [-0.2, -0.15) is 0 Å². The Balaban J connectivity index is 2.07. The van der Waals surface area contributed by atoms with Crippen LogP contribution in [0, 0.1) is 13.8 Å². The number of carbonyl (C=O) groups excluding carboxylic acids is 2.